The SMILES string of the molecule is CCC(=C/C[C@H](C)C(C)C)/C(C)=C\[C@@H](C)Cl. The second-order valence-electron chi connectivity index (χ2n) is 5.07. The summed E-state index contributed by atoms with van der Waals surface area (Å²) in [5.41, 5.74) is 2.78. The van der Waals surface area contributed by atoms with Crippen LogP contribution in [0.3, 0.4) is 0 Å². The molecule has 1 heteroatoms. The van der Waals surface area contributed by atoms with Gasteiger partial charge in [0.2, 0.25) is 0 Å². The highest BCUT2D eigenvalue weighted by Gasteiger charge is 2.06. The lowest BCUT2D eigenvalue weighted by Crippen LogP contribution is -2.02. The van der Waals surface area contributed by atoms with Gasteiger partial charge in [-0.25, -0.2) is 0 Å². The first-order chi connectivity index (χ1) is 7.38. The van der Waals surface area contributed by atoms with Gasteiger partial charge in [-0.05, 0) is 44.1 Å². The van der Waals surface area contributed by atoms with Crippen LogP contribution in [0.1, 0.15) is 54.4 Å². The van der Waals surface area contributed by atoms with E-state index < -0.39 is 0 Å². The average molecular weight is 243 g/mol. The van der Waals surface area contributed by atoms with Crippen LogP contribution in [-0.2, 0) is 0 Å². The van der Waals surface area contributed by atoms with Crippen LogP contribution >= 0.6 is 11.6 Å². The van der Waals surface area contributed by atoms with Crippen molar-refractivity contribution >= 4 is 11.6 Å². The molecule has 0 saturated carbocycles. The van der Waals surface area contributed by atoms with Gasteiger partial charge in [-0.2, -0.15) is 0 Å². The molecule has 0 aliphatic carbocycles. The highest BCUT2D eigenvalue weighted by atomic mass is 35.5. The smallest absolute Gasteiger partial charge is 0.0493 e. The second-order valence-corrected chi connectivity index (χ2v) is 5.76. The van der Waals surface area contributed by atoms with Gasteiger partial charge in [0, 0.05) is 5.38 Å². The topological polar surface area (TPSA) is 0 Å². The summed E-state index contributed by atoms with van der Waals surface area (Å²) in [4.78, 5) is 0. The fourth-order valence-corrected chi connectivity index (χ4v) is 1.82. The Kier molecular flexibility index (Phi) is 7.83. The lowest BCUT2D eigenvalue weighted by molar-refractivity contribution is 0.423. The van der Waals surface area contributed by atoms with Crippen LogP contribution in [0.15, 0.2) is 23.3 Å². The number of rotatable bonds is 6. The van der Waals surface area contributed by atoms with E-state index in [1.54, 1.807) is 0 Å². The Labute approximate surface area is 107 Å². The molecule has 0 heterocycles. The van der Waals surface area contributed by atoms with Crippen LogP contribution in [0.25, 0.3) is 0 Å². The molecule has 0 nitrogen and oxygen atoms in total. The molecule has 0 radical (unpaired) electrons. The van der Waals surface area contributed by atoms with E-state index in [9.17, 15) is 0 Å². The zero-order valence-corrected chi connectivity index (χ0v) is 12.4. The third-order valence-electron chi connectivity index (χ3n) is 3.24. The van der Waals surface area contributed by atoms with E-state index in [0.29, 0.717) is 0 Å². The Morgan fingerprint density at radius 2 is 1.75 bits per heavy atom. The first-order valence-electron chi connectivity index (χ1n) is 6.40. The Morgan fingerprint density at radius 1 is 1.19 bits per heavy atom. The third kappa shape index (κ3) is 6.37. The van der Waals surface area contributed by atoms with Crippen molar-refractivity contribution in [3.8, 4) is 0 Å². The number of allylic oxidation sites excluding steroid dienone is 4. The summed E-state index contributed by atoms with van der Waals surface area (Å²) in [6, 6.07) is 0. The van der Waals surface area contributed by atoms with Gasteiger partial charge in [-0.15, -0.1) is 11.6 Å². The third-order valence-corrected chi connectivity index (χ3v) is 3.37. The molecule has 0 aromatic rings. The van der Waals surface area contributed by atoms with Crippen molar-refractivity contribution in [2.75, 3.05) is 0 Å². The van der Waals surface area contributed by atoms with E-state index >= 15 is 0 Å². The van der Waals surface area contributed by atoms with E-state index in [1.165, 1.54) is 17.6 Å². The minimum Gasteiger partial charge on any atom is -0.119 e. The Hall–Kier alpha value is -0.230. The van der Waals surface area contributed by atoms with E-state index in [-0.39, 0.29) is 5.38 Å². The molecule has 0 aromatic heterocycles. The van der Waals surface area contributed by atoms with Gasteiger partial charge in [0.1, 0.15) is 0 Å². The summed E-state index contributed by atoms with van der Waals surface area (Å²) in [6.07, 6.45) is 6.78. The Balaban J connectivity index is 4.55. The van der Waals surface area contributed by atoms with E-state index in [4.69, 9.17) is 11.6 Å². The molecule has 0 aliphatic rings. The van der Waals surface area contributed by atoms with Crippen LogP contribution in [0, 0.1) is 11.8 Å². The first kappa shape index (κ1) is 15.8. The number of halogens is 1. The van der Waals surface area contributed by atoms with Crippen LogP contribution in [0.5, 0.6) is 0 Å². The van der Waals surface area contributed by atoms with Crippen molar-refractivity contribution in [2.45, 2.75) is 59.8 Å². The zero-order valence-electron chi connectivity index (χ0n) is 11.7. The molecule has 0 rings (SSSR count). The van der Waals surface area contributed by atoms with Crippen molar-refractivity contribution < 1.29 is 0 Å². The molecule has 0 saturated heterocycles. The largest absolute Gasteiger partial charge is 0.119 e. The van der Waals surface area contributed by atoms with Gasteiger partial charge in [0.25, 0.3) is 0 Å². The standard InChI is InChI=1S/C15H27Cl/c1-7-15(13(5)10-14(6)16)9-8-12(4)11(2)3/h9-12,14H,7-8H2,1-6H3/b13-10-,15-9-/t12-,14+/m0/s1. The minimum absolute atomic E-state index is 0.123. The number of hydrogen-bond donors (Lipinski definition) is 0. The summed E-state index contributed by atoms with van der Waals surface area (Å²) < 4.78 is 0. The van der Waals surface area contributed by atoms with Crippen LogP contribution < -0.4 is 0 Å². The molecular weight excluding hydrogens is 216 g/mol. The van der Waals surface area contributed by atoms with Crippen LogP contribution in [0.4, 0.5) is 0 Å². The normalized spacial score (nSPS) is 17.8. The lowest BCUT2D eigenvalue weighted by Gasteiger charge is -2.14. The van der Waals surface area contributed by atoms with Gasteiger partial charge in [0.05, 0.1) is 0 Å². The first-order valence-corrected chi connectivity index (χ1v) is 6.84. The minimum atomic E-state index is 0.123. The van der Waals surface area contributed by atoms with Crippen molar-refractivity contribution in [2.24, 2.45) is 11.8 Å². The van der Waals surface area contributed by atoms with Crippen LogP contribution in [-0.4, -0.2) is 5.38 Å². The summed E-state index contributed by atoms with van der Waals surface area (Å²) in [7, 11) is 0. The fraction of sp³-hybridized carbons (Fsp3) is 0.733. The second kappa shape index (κ2) is 7.95. The predicted octanol–water partition coefficient (Wildman–Crippen LogP) is 5.58. The van der Waals surface area contributed by atoms with E-state index in [0.717, 1.165) is 18.3 Å². The highest BCUT2D eigenvalue weighted by molar-refractivity contribution is 6.21. The van der Waals surface area contributed by atoms with Gasteiger partial charge >= 0.3 is 0 Å². The van der Waals surface area contributed by atoms with Gasteiger partial charge < -0.3 is 0 Å². The molecule has 0 bridgehead atoms. The molecule has 94 valence electrons. The van der Waals surface area contributed by atoms with Crippen molar-refractivity contribution in [1.29, 1.82) is 0 Å². The molecule has 0 unspecified atom stereocenters. The molecule has 2 atom stereocenters. The average Bonchev–Trinajstić information content (AvgIpc) is 2.16. The Morgan fingerprint density at radius 3 is 2.12 bits per heavy atom. The predicted molar refractivity (Wildman–Crippen MR) is 76.1 cm³/mol. The maximum Gasteiger partial charge on any atom is 0.0493 e. The number of hydrogen-bond acceptors (Lipinski definition) is 0. The zero-order chi connectivity index (χ0) is 12.7. The van der Waals surface area contributed by atoms with E-state index in [2.05, 4.69) is 46.8 Å². The summed E-state index contributed by atoms with van der Waals surface area (Å²) >= 11 is 5.98. The maximum atomic E-state index is 5.98. The molecular formula is C15H27Cl. The van der Waals surface area contributed by atoms with Crippen molar-refractivity contribution in [3.05, 3.63) is 23.3 Å². The van der Waals surface area contributed by atoms with E-state index in [1.807, 2.05) is 6.92 Å². The summed E-state index contributed by atoms with van der Waals surface area (Å²) in [5, 5.41) is 0.123. The molecule has 0 fully saturated rings. The monoisotopic (exact) mass is 242 g/mol. The van der Waals surface area contributed by atoms with Gasteiger partial charge in [-0.3, -0.25) is 0 Å². The molecule has 0 amide bonds. The van der Waals surface area contributed by atoms with Gasteiger partial charge in [-0.1, -0.05) is 45.4 Å². The van der Waals surface area contributed by atoms with Gasteiger partial charge in [0.15, 0.2) is 0 Å². The molecule has 16 heavy (non-hydrogen) atoms. The lowest BCUT2D eigenvalue weighted by atomic mass is 9.92. The molecule has 0 aliphatic heterocycles. The molecule has 0 spiro atoms. The van der Waals surface area contributed by atoms with Crippen molar-refractivity contribution in [3.63, 3.8) is 0 Å². The molecule has 0 aromatic carbocycles. The number of alkyl halides is 1. The molecule has 0 N–H and O–H groups in total. The van der Waals surface area contributed by atoms with Crippen LogP contribution in [0.2, 0.25) is 0 Å². The Bertz CT molecular complexity index is 246. The maximum absolute atomic E-state index is 5.98. The highest BCUT2D eigenvalue weighted by Crippen LogP contribution is 2.20. The summed E-state index contributed by atoms with van der Waals surface area (Å²) in [5.74, 6) is 1.51. The van der Waals surface area contributed by atoms with Crippen molar-refractivity contribution in [1.82, 2.24) is 0 Å². The fourth-order valence-electron chi connectivity index (χ4n) is 1.64. The quantitative estimate of drug-likeness (QED) is 0.421. The summed E-state index contributed by atoms with van der Waals surface area (Å²) in [6.45, 7) is 13.3.